The van der Waals surface area contributed by atoms with Crippen molar-refractivity contribution in [2.45, 2.75) is 31.8 Å². The summed E-state index contributed by atoms with van der Waals surface area (Å²) in [7, 11) is 1.56. The van der Waals surface area contributed by atoms with Gasteiger partial charge in [-0.15, -0.1) is 0 Å². The quantitative estimate of drug-likeness (QED) is 0.463. The second-order valence-electron chi connectivity index (χ2n) is 11.1. The summed E-state index contributed by atoms with van der Waals surface area (Å²) in [5.41, 5.74) is 0.967. The summed E-state index contributed by atoms with van der Waals surface area (Å²) >= 11 is 0. The second-order valence-corrected chi connectivity index (χ2v) is 11.1. The molecule has 0 saturated carbocycles. The lowest BCUT2D eigenvalue weighted by Gasteiger charge is -2.47. The van der Waals surface area contributed by atoms with E-state index in [9.17, 15) is 19.2 Å². The van der Waals surface area contributed by atoms with E-state index < -0.39 is 23.3 Å². The molecule has 0 aliphatic carbocycles. The van der Waals surface area contributed by atoms with Crippen LogP contribution in [0.2, 0.25) is 0 Å². The first-order valence-electron chi connectivity index (χ1n) is 13.6. The molecule has 40 heavy (non-hydrogen) atoms. The summed E-state index contributed by atoms with van der Waals surface area (Å²) in [4.78, 5) is 57.0. The van der Waals surface area contributed by atoms with Gasteiger partial charge in [-0.05, 0) is 35.6 Å². The molecule has 1 N–H and O–H groups in total. The topological polar surface area (TPSA) is 101 Å². The van der Waals surface area contributed by atoms with E-state index in [1.54, 1.807) is 25.3 Å². The molecule has 2 bridgehead atoms. The van der Waals surface area contributed by atoms with Crippen molar-refractivity contribution >= 4 is 17.8 Å². The third-order valence-corrected chi connectivity index (χ3v) is 8.47. The molecule has 3 atom stereocenters. The number of amides is 4. The smallest absolute Gasteiger partial charge is 0.331 e. The highest BCUT2D eigenvalue weighted by Gasteiger charge is 2.55. The van der Waals surface area contributed by atoms with Gasteiger partial charge in [0.15, 0.2) is 0 Å². The Morgan fingerprint density at radius 3 is 2.48 bits per heavy atom. The molecule has 206 valence electrons. The molecule has 2 aromatic carbocycles. The number of hydrogen-bond acceptors (Lipinski definition) is 6. The van der Waals surface area contributed by atoms with Crippen LogP contribution in [-0.2, 0) is 29.1 Å². The third kappa shape index (κ3) is 4.60. The molecule has 3 aliphatic heterocycles. The molecular weight excluding hydrogens is 508 g/mol. The number of urea groups is 1. The zero-order chi connectivity index (χ0) is 27.9. The number of fused-ring (bicyclic) bond motifs is 4. The van der Waals surface area contributed by atoms with Gasteiger partial charge in [-0.2, -0.15) is 0 Å². The molecule has 4 heterocycles. The summed E-state index contributed by atoms with van der Waals surface area (Å²) < 4.78 is 7.44. The normalized spacial score (nSPS) is 24.4. The SMILES string of the molecule is COc1ccccc1C[C@@]1(CN2C[C@H]3C[C@@H](C2)c2cccc(=O)n2C3)C(=O)NC(=O)N(Cc2ccccc2)C1=O. The van der Waals surface area contributed by atoms with Crippen molar-refractivity contribution in [2.24, 2.45) is 11.3 Å². The maximum absolute atomic E-state index is 14.4. The molecule has 1 aromatic heterocycles. The molecule has 2 fully saturated rings. The van der Waals surface area contributed by atoms with Gasteiger partial charge in [-0.1, -0.05) is 54.6 Å². The average molecular weight is 541 g/mol. The predicted molar refractivity (Wildman–Crippen MR) is 148 cm³/mol. The fourth-order valence-corrected chi connectivity index (χ4v) is 6.67. The molecule has 9 heteroatoms. The van der Waals surface area contributed by atoms with Crippen molar-refractivity contribution in [1.82, 2.24) is 19.7 Å². The Labute approximate surface area is 232 Å². The highest BCUT2D eigenvalue weighted by molar-refractivity contribution is 6.19. The van der Waals surface area contributed by atoms with Crippen molar-refractivity contribution in [3.05, 3.63) is 100.0 Å². The number of likely N-dealkylation sites (tertiary alicyclic amines) is 1. The van der Waals surface area contributed by atoms with E-state index in [-0.39, 0.29) is 36.9 Å². The van der Waals surface area contributed by atoms with Crippen LogP contribution in [0.1, 0.15) is 29.2 Å². The van der Waals surface area contributed by atoms with E-state index in [0.717, 1.165) is 28.1 Å². The predicted octanol–water partition coefficient (Wildman–Crippen LogP) is 2.78. The Kier molecular flexibility index (Phi) is 6.75. The van der Waals surface area contributed by atoms with Gasteiger partial charge in [-0.25, -0.2) is 4.79 Å². The summed E-state index contributed by atoms with van der Waals surface area (Å²) in [6.07, 6.45) is 1.04. The minimum absolute atomic E-state index is 0.00481. The van der Waals surface area contributed by atoms with E-state index in [2.05, 4.69) is 10.2 Å². The standard InChI is InChI=1S/C31H32N4O5/c1-40-26-12-6-5-10-23(26)15-31(28(37)32-30(39)35(29(31)38)17-21-8-3-2-4-9-21)20-33-16-22-14-24(19-33)25-11-7-13-27(36)34(25)18-22/h2-13,22,24H,14-20H2,1H3,(H,32,37,39)/t22-,24+,31-/m1/s1. The van der Waals surface area contributed by atoms with E-state index in [1.165, 1.54) is 0 Å². The first-order valence-corrected chi connectivity index (χ1v) is 13.6. The van der Waals surface area contributed by atoms with Crippen molar-refractivity contribution in [3.8, 4) is 5.75 Å². The number of carbonyl (C=O) groups is 3. The maximum Gasteiger partial charge on any atom is 0.331 e. The number of piperidine rings is 1. The van der Waals surface area contributed by atoms with Gasteiger partial charge in [-0.3, -0.25) is 24.6 Å². The highest BCUT2D eigenvalue weighted by atomic mass is 16.5. The Balaban J connectivity index is 1.37. The number of methoxy groups -OCH3 is 1. The van der Waals surface area contributed by atoms with Crippen LogP contribution < -0.4 is 15.6 Å². The number of imide groups is 2. The Bertz CT molecular complexity index is 1520. The molecule has 0 unspecified atom stereocenters. The lowest BCUT2D eigenvalue weighted by atomic mass is 9.75. The summed E-state index contributed by atoms with van der Waals surface area (Å²) in [6, 6.07) is 21.3. The number of hydrogen-bond donors (Lipinski definition) is 1. The monoisotopic (exact) mass is 540 g/mol. The summed E-state index contributed by atoms with van der Waals surface area (Å²) in [5.74, 6) is -0.182. The van der Waals surface area contributed by atoms with Crippen LogP contribution in [0.3, 0.4) is 0 Å². The van der Waals surface area contributed by atoms with Gasteiger partial charge in [0.2, 0.25) is 11.8 Å². The third-order valence-electron chi connectivity index (χ3n) is 8.47. The van der Waals surface area contributed by atoms with E-state index in [4.69, 9.17) is 4.74 Å². The number of aromatic nitrogens is 1. The summed E-state index contributed by atoms with van der Waals surface area (Å²) in [5, 5.41) is 2.51. The van der Waals surface area contributed by atoms with Crippen molar-refractivity contribution in [1.29, 1.82) is 0 Å². The maximum atomic E-state index is 14.4. The molecule has 0 radical (unpaired) electrons. The van der Waals surface area contributed by atoms with Gasteiger partial charge < -0.3 is 14.2 Å². The number of carbonyl (C=O) groups excluding carboxylic acids is 3. The van der Waals surface area contributed by atoms with Crippen molar-refractivity contribution < 1.29 is 19.1 Å². The highest BCUT2D eigenvalue weighted by Crippen LogP contribution is 2.39. The fourth-order valence-electron chi connectivity index (χ4n) is 6.67. The van der Waals surface area contributed by atoms with Crippen LogP contribution in [0, 0.1) is 11.3 Å². The van der Waals surface area contributed by atoms with Crippen LogP contribution in [-0.4, -0.2) is 59.0 Å². The molecule has 6 rings (SSSR count). The number of rotatable bonds is 7. The van der Waals surface area contributed by atoms with Gasteiger partial charge >= 0.3 is 6.03 Å². The number of barbiturate groups is 1. The lowest BCUT2D eigenvalue weighted by molar-refractivity contribution is -0.154. The van der Waals surface area contributed by atoms with Crippen LogP contribution in [0.15, 0.2) is 77.6 Å². The molecule has 0 spiro atoms. The molecule has 3 aliphatic rings. The Morgan fingerprint density at radius 1 is 0.900 bits per heavy atom. The molecule has 4 amide bonds. The number of nitrogens with one attached hydrogen (secondary N) is 1. The summed E-state index contributed by atoms with van der Waals surface area (Å²) in [6.45, 7) is 2.09. The second kappa shape index (κ2) is 10.4. The van der Waals surface area contributed by atoms with Gasteiger partial charge in [0.25, 0.3) is 5.56 Å². The lowest BCUT2D eigenvalue weighted by Crippen LogP contribution is -2.67. The Hall–Kier alpha value is -4.24. The van der Waals surface area contributed by atoms with Gasteiger partial charge in [0, 0.05) is 50.3 Å². The number of nitrogens with zero attached hydrogens (tertiary/aromatic N) is 3. The molecule has 2 saturated heterocycles. The van der Waals surface area contributed by atoms with Crippen molar-refractivity contribution in [3.63, 3.8) is 0 Å². The van der Waals surface area contributed by atoms with Crippen LogP contribution >= 0.6 is 0 Å². The van der Waals surface area contributed by atoms with Crippen LogP contribution in [0.4, 0.5) is 4.79 Å². The minimum atomic E-state index is -1.54. The number of ether oxygens (including phenoxy) is 1. The first kappa shape index (κ1) is 26.0. The average Bonchev–Trinajstić information content (AvgIpc) is 2.95. The van der Waals surface area contributed by atoms with Crippen LogP contribution in [0.5, 0.6) is 5.75 Å². The van der Waals surface area contributed by atoms with E-state index in [1.807, 2.05) is 59.2 Å². The Morgan fingerprint density at radius 2 is 1.68 bits per heavy atom. The largest absolute Gasteiger partial charge is 0.496 e. The van der Waals surface area contributed by atoms with Crippen LogP contribution in [0.25, 0.3) is 0 Å². The van der Waals surface area contributed by atoms with E-state index in [0.29, 0.717) is 25.4 Å². The molecular formula is C31H32N4O5. The van der Waals surface area contributed by atoms with Gasteiger partial charge in [0.1, 0.15) is 11.2 Å². The number of para-hydroxylation sites is 1. The number of benzene rings is 2. The van der Waals surface area contributed by atoms with Crippen molar-refractivity contribution in [2.75, 3.05) is 26.7 Å². The zero-order valence-electron chi connectivity index (χ0n) is 22.4. The molecule has 9 nitrogen and oxygen atoms in total. The minimum Gasteiger partial charge on any atom is -0.496 e. The van der Waals surface area contributed by atoms with E-state index >= 15 is 0 Å². The number of pyridine rings is 1. The zero-order valence-corrected chi connectivity index (χ0v) is 22.4. The van der Waals surface area contributed by atoms with Gasteiger partial charge in [0.05, 0.1) is 13.7 Å². The fraction of sp³-hybridized carbons (Fsp3) is 0.355. The first-order chi connectivity index (χ1) is 19.4. The molecule has 3 aromatic rings.